The Morgan fingerprint density at radius 2 is 1.90 bits per heavy atom. The Labute approximate surface area is 119 Å². The van der Waals surface area contributed by atoms with Crippen molar-refractivity contribution in [3.8, 4) is 0 Å². The van der Waals surface area contributed by atoms with E-state index in [9.17, 15) is 22.4 Å². The average Bonchev–Trinajstić information content (AvgIpc) is 2.40. The monoisotopic (exact) mass is 304 g/mol. The fourth-order valence-electron chi connectivity index (χ4n) is 2.29. The number of carbonyl (C=O) groups is 1. The van der Waals surface area contributed by atoms with Gasteiger partial charge in [0.05, 0.1) is 11.1 Å². The third kappa shape index (κ3) is 3.93. The maximum Gasteiger partial charge on any atom is 0.416 e. The first kappa shape index (κ1) is 15.8. The largest absolute Gasteiger partial charge is 0.416 e. The lowest BCUT2D eigenvalue weighted by Crippen LogP contribution is -2.43. The quantitative estimate of drug-likeness (QED) is 0.852. The molecule has 2 rings (SSSR count). The molecule has 21 heavy (non-hydrogen) atoms. The van der Waals surface area contributed by atoms with E-state index in [4.69, 9.17) is 0 Å². The summed E-state index contributed by atoms with van der Waals surface area (Å²) in [4.78, 5) is 14.1. The van der Waals surface area contributed by atoms with Gasteiger partial charge in [0.15, 0.2) is 0 Å². The van der Waals surface area contributed by atoms with Crippen LogP contribution in [-0.2, 0) is 6.18 Å². The number of hydrogen-bond donors (Lipinski definition) is 1. The van der Waals surface area contributed by atoms with Crippen molar-refractivity contribution >= 4 is 5.91 Å². The predicted molar refractivity (Wildman–Crippen MR) is 69.4 cm³/mol. The molecule has 1 saturated heterocycles. The van der Waals surface area contributed by atoms with Gasteiger partial charge in [0.1, 0.15) is 5.82 Å². The number of halogens is 4. The van der Waals surface area contributed by atoms with E-state index in [1.807, 2.05) is 7.05 Å². The zero-order chi connectivity index (χ0) is 15.6. The van der Waals surface area contributed by atoms with Gasteiger partial charge in [-0.2, -0.15) is 13.2 Å². The van der Waals surface area contributed by atoms with E-state index in [1.54, 1.807) is 0 Å². The third-order valence-corrected chi connectivity index (χ3v) is 3.59. The van der Waals surface area contributed by atoms with Gasteiger partial charge in [0.25, 0.3) is 5.91 Å². The molecule has 1 aliphatic heterocycles. The summed E-state index contributed by atoms with van der Waals surface area (Å²) in [6.45, 7) is 1.58. The Hall–Kier alpha value is -1.63. The molecule has 1 aromatic rings. The standard InChI is InChI=1S/C14H16F4N2O/c1-20-6-4-10(5-7-20)19-13(21)11-8-9(14(16,17)18)2-3-12(11)15/h2-3,8,10H,4-7H2,1H3,(H,19,21). The highest BCUT2D eigenvalue weighted by molar-refractivity contribution is 5.94. The van der Waals surface area contributed by atoms with Gasteiger partial charge in [-0.1, -0.05) is 0 Å². The van der Waals surface area contributed by atoms with Crippen molar-refractivity contribution in [2.75, 3.05) is 20.1 Å². The van der Waals surface area contributed by atoms with E-state index < -0.39 is 29.0 Å². The Kier molecular flexibility index (Phi) is 4.51. The number of amides is 1. The summed E-state index contributed by atoms with van der Waals surface area (Å²) < 4.78 is 51.4. The van der Waals surface area contributed by atoms with Gasteiger partial charge in [0.2, 0.25) is 0 Å². The number of nitrogens with zero attached hydrogens (tertiary/aromatic N) is 1. The van der Waals surface area contributed by atoms with Crippen molar-refractivity contribution in [2.45, 2.75) is 25.1 Å². The van der Waals surface area contributed by atoms with E-state index in [0.717, 1.165) is 13.1 Å². The number of alkyl halides is 3. The summed E-state index contributed by atoms with van der Waals surface area (Å²) in [6, 6.07) is 1.72. The minimum Gasteiger partial charge on any atom is -0.349 e. The summed E-state index contributed by atoms with van der Waals surface area (Å²) >= 11 is 0. The summed E-state index contributed by atoms with van der Waals surface area (Å²) in [5, 5.41) is 2.60. The van der Waals surface area contributed by atoms with Crippen molar-refractivity contribution in [2.24, 2.45) is 0 Å². The van der Waals surface area contributed by atoms with Crippen LogP contribution in [0.1, 0.15) is 28.8 Å². The molecule has 0 atom stereocenters. The molecule has 1 aromatic carbocycles. The zero-order valence-electron chi connectivity index (χ0n) is 11.5. The molecule has 0 saturated carbocycles. The van der Waals surface area contributed by atoms with Crippen molar-refractivity contribution in [1.29, 1.82) is 0 Å². The molecule has 116 valence electrons. The normalized spacial score (nSPS) is 17.8. The lowest BCUT2D eigenvalue weighted by molar-refractivity contribution is -0.137. The van der Waals surface area contributed by atoms with Crippen molar-refractivity contribution in [3.63, 3.8) is 0 Å². The molecule has 0 unspecified atom stereocenters. The molecular formula is C14H16F4N2O. The van der Waals surface area contributed by atoms with Crippen LogP contribution < -0.4 is 5.32 Å². The summed E-state index contributed by atoms with van der Waals surface area (Å²) in [5.41, 5.74) is -1.60. The summed E-state index contributed by atoms with van der Waals surface area (Å²) in [7, 11) is 1.95. The molecule has 3 nitrogen and oxygen atoms in total. The minimum absolute atomic E-state index is 0.136. The summed E-state index contributed by atoms with van der Waals surface area (Å²) in [5.74, 6) is -1.75. The fraction of sp³-hybridized carbons (Fsp3) is 0.500. The Bertz CT molecular complexity index is 522. The Morgan fingerprint density at radius 3 is 2.48 bits per heavy atom. The van der Waals surface area contributed by atoms with Crippen LogP contribution in [0, 0.1) is 5.82 Å². The Balaban J connectivity index is 2.11. The van der Waals surface area contributed by atoms with E-state index in [1.165, 1.54) is 0 Å². The first-order chi connectivity index (χ1) is 9.77. The van der Waals surface area contributed by atoms with Gasteiger partial charge >= 0.3 is 6.18 Å². The number of hydrogen-bond acceptors (Lipinski definition) is 2. The van der Waals surface area contributed by atoms with Crippen LogP contribution in [0.5, 0.6) is 0 Å². The van der Waals surface area contributed by atoms with Crippen LogP contribution in [-0.4, -0.2) is 37.0 Å². The SMILES string of the molecule is CN1CCC(NC(=O)c2cc(C(F)(F)F)ccc2F)CC1. The van der Waals surface area contributed by atoms with Crippen LogP contribution in [0.4, 0.5) is 17.6 Å². The first-order valence-corrected chi connectivity index (χ1v) is 6.63. The minimum atomic E-state index is -4.60. The number of nitrogens with one attached hydrogen (secondary N) is 1. The van der Waals surface area contributed by atoms with Crippen LogP contribution in [0.15, 0.2) is 18.2 Å². The van der Waals surface area contributed by atoms with Gasteiger partial charge < -0.3 is 10.2 Å². The molecule has 0 spiro atoms. The van der Waals surface area contributed by atoms with Gasteiger partial charge in [0, 0.05) is 6.04 Å². The highest BCUT2D eigenvalue weighted by Gasteiger charge is 2.32. The lowest BCUT2D eigenvalue weighted by Gasteiger charge is -2.29. The second-order valence-electron chi connectivity index (χ2n) is 5.24. The van der Waals surface area contributed by atoms with Gasteiger partial charge in [-0.05, 0) is 51.2 Å². The molecule has 1 heterocycles. The molecule has 1 N–H and O–H groups in total. The first-order valence-electron chi connectivity index (χ1n) is 6.63. The molecule has 1 fully saturated rings. The second-order valence-corrected chi connectivity index (χ2v) is 5.24. The topological polar surface area (TPSA) is 32.3 Å². The third-order valence-electron chi connectivity index (χ3n) is 3.59. The van der Waals surface area contributed by atoms with Gasteiger partial charge in [-0.3, -0.25) is 4.79 Å². The number of benzene rings is 1. The molecule has 0 aliphatic carbocycles. The van der Waals surface area contributed by atoms with Gasteiger partial charge in [-0.25, -0.2) is 4.39 Å². The zero-order valence-corrected chi connectivity index (χ0v) is 11.5. The molecule has 1 aliphatic rings. The molecule has 0 aromatic heterocycles. The van der Waals surface area contributed by atoms with Crippen molar-refractivity contribution in [1.82, 2.24) is 10.2 Å². The molecule has 0 radical (unpaired) electrons. The van der Waals surface area contributed by atoms with Crippen LogP contribution in [0.25, 0.3) is 0 Å². The molecule has 1 amide bonds. The maximum atomic E-state index is 13.6. The van der Waals surface area contributed by atoms with E-state index >= 15 is 0 Å². The van der Waals surface area contributed by atoms with Crippen LogP contribution >= 0.6 is 0 Å². The highest BCUT2D eigenvalue weighted by atomic mass is 19.4. The van der Waals surface area contributed by atoms with E-state index in [0.29, 0.717) is 31.0 Å². The number of likely N-dealkylation sites (tertiary alicyclic amines) is 1. The van der Waals surface area contributed by atoms with Crippen LogP contribution in [0.3, 0.4) is 0 Å². The molecule has 7 heteroatoms. The fourth-order valence-corrected chi connectivity index (χ4v) is 2.29. The average molecular weight is 304 g/mol. The highest BCUT2D eigenvalue weighted by Crippen LogP contribution is 2.30. The van der Waals surface area contributed by atoms with Crippen LogP contribution in [0.2, 0.25) is 0 Å². The second kappa shape index (κ2) is 6.01. The van der Waals surface area contributed by atoms with E-state index in [-0.39, 0.29) is 6.04 Å². The molecule has 0 bridgehead atoms. The van der Waals surface area contributed by atoms with E-state index in [2.05, 4.69) is 10.2 Å². The Morgan fingerprint density at radius 1 is 1.29 bits per heavy atom. The smallest absolute Gasteiger partial charge is 0.349 e. The summed E-state index contributed by atoms with van der Waals surface area (Å²) in [6.07, 6.45) is -3.21. The lowest BCUT2D eigenvalue weighted by atomic mass is 10.0. The van der Waals surface area contributed by atoms with Gasteiger partial charge in [-0.15, -0.1) is 0 Å². The number of carbonyl (C=O) groups excluding carboxylic acids is 1. The number of piperidine rings is 1. The molecular weight excluding hydrogens is 288 g/mol. The maximum absolute atomic E-state index is 13.6. The van der Waals surface area contributed by atoms with Crippen molar-refractivity contribution in [3.05, 3.63) is 35.1 Å². The van der Waals surface area contributed by atoms with Crippen molar-refractivity contribution < 1.29 is 22.4 Å². The predicted octanol–water partition coefficient (Wildman–Crippen LogP) is 2.67. The number of rotatable bonds is 2.